The Morgan fingerprint density at radius 1 is 1.37 bits per heavy atom. The molecule has 0 saturated carbocycles. The number of carbonyl (C=O) groups excluding carboxylic acids is 1. The average molecular weight is 261 g/mol. The Labute approximate surface area is 112 Å². The summed E-state index contributed by atoms with van der Waals surface area (Å²) in [4.78, 5) is 11.9. The second-order valence-electron chi connectivity index (χ2n) is 5.62. The van der Waals surface area contributed by atoms with Gasteiger partial charge in [0.25, 0.3) is 0 Å². The van der Waals surface area contributed by atoms with Crippen molar-refractivity contribution in [3.63, 3.8) is 0 Å². The molecule has 0 fully saturated rings. The number of hydrogen-bond acceptors (Lipinski definition) is 3. The smallest absolute Gasteiger partial charge is 0.412 e. The summed E-state index contributed by atoms with van der Waals surface area (Å²) in [6, 6.07) is 3.87. The Bertz CT molecular complexity index is 623. The summed E-state index contributed by atoms with van der Waals surface area (Å²) in [5, 5.41) is 8.04. The van der Waals surface area contributed by atoms with Crippen molar-refractivity contribution in [2.24, 2.45) is 7.05 Å². The maximum atomic E-state index is 11.9. The number of ether oxygens (including phenoxy) is 1. The summed E-state index contributed by atoms with van der Waals surface area (Å²) in [6.45, 7) is 7.46. The average Bonchev–Trinajstić information content (AvgIpc) is 2.61. The maximum Gasteiger partial charge on any atom is 0.412 e. The van der Waals surface area contributed by atoms with E-state index in [1.165, 1.54) is 0 Å². The summed E-state index contributed by atoms with van der Waals surface area (Å²) >= 11 is 0. The number of hydrogen-bond donors (Lipinski definition) is 1. The summed E-state index contributed by atoms with van der Waals surface area (Å²) < 4.78 is 7.00. The summed E-state index contributed by atoms with van der Waals surface area (Å²) in [7, 11) is 1.85. The van der Waals surface area contributed by atoms with Crippen LogP contribution in [-0.2, 0) is 11.8 Å². The zero-order valence-electron chi connectivity index (χ0n) is 11.9. The van der Waals surface area contributed by atoms with Gasteiger partial charge in [0.1, 0.15) is 5.60 Å². The minimum Gasteiger partial charge on any atom is -0.444 e. The van der Waals surface area contributed by atoms with Crippen LogP contribution in [0.15, 0.2) is 18.3 Å². The number of fused-ring (bicyclic) bond motifs is 1. The van der Waals surface area contributed by atoms with E-state index in [9.17, 15) is 4.79 Å². The van der Waals surface area contributed by atoms with Crippen LogP contribution in [0, 0.1) is 6.92 Å². The number of carbonyl (C=O) groups is 1. The van der Waals surface area contributed by atoms with Crippen molar-refractivity contribution in [1.29, 1.82) is 0 Å². The number of rotatable bonds is 1. The first-order valence-corrected chi connectivity index (χ1v) is 6.19. The molecule has 5 heteroatoms. The molecule has 2 aromatic rings. The lowest BCUT2D eigenvalue weighted by Gasteiger charge is -2.20. The van der Waals surface area contributed by atoms with Gasteiger partial charge in [0, 0.05) is 18.6 Å². The Balaban J connectivity index is 2.34. The van der Waals surface area contributed by atoms with Crippen LogP contribution in [0.2, 0.25) is 0 Å². The molecular weight excluding hydrogens is 242 g/mol. The van der Waals surface area contributed by atoms with Crippen molar-refractivity contribution in [2.75, 3.05) is 5.32 Å². The van der Waals surface area contributed by atoms with Crippen LogP contribution >= 0.6 is 0 Å². The number of aromatic nitrogens is 2. The Morgan fingerprint density at radius 3 is 2.68 bits per heavy atom. The van der Waals surface area contributed by atoms with Gasteiger partial charge in [0.2, 0.25) is 0 Å². The molecule has 1 aromatic carbocycles. The quantitative estimate of drug-likeness (QED) is 0.857. The third-order valence-corrected chi connectivity index (χ3v) is 2.64. The van der Waals surface area contributed by atoms with Crippen molar-refractivity contribution in [1.82, 2.24) is 9.78 Å². The van der Waals surface area contributed by atoms with E-state index in [0.717, 1.165) is 22.2 Å². The van der Waals surface area contributed by atoms with E-state index in [4.69, 9.17) is 4.74 Å². The topological polar surface area (TPSA) is 56.2 Å². The highest BCUT2D eigenvalue weighted by molar-refractivity contribution is 6.00. The fourth-order valence-electron chi connectivity index (χ4n) is 1.89. The minimum atomic E-state index is -0.513. The first-order chi connectivity index (χ1) is 8.76. The van der Waals surface area contributed by atoms with Gasteiger partial charge in [-0.1, -0.05) is 6.07 Å². The second kappa shape index (κ2) is 4.57. The highest BCUT2D eigenvalue weighted by Crippen LogP contribution is 2.26. The van der Waals surface area contributed by atoms with Crippen LogP contribution in [0.1, 0.15) is 26.3 Å². The Kier molecular flexibility index (Phi) is 3.22. The van der Waals surface area contributed by atoms with E-state index in [-0.39, 0.29) is 0 Å². The molecule has 1 N–H and O–H groups in total. The van der Waals surface area contributed by atoms with Crippen molar-refractivity contribution in [3.8, 4) is 0 Å². The van der Waals surface area contributed by atoms with E-state index in [1.54, 1.807) is 4.68 Å². The Hall–Kier alpha value is -2.04. The normalized spacial score (nSPS) is 11.6. The van der Waals surface area contributed by atoms with Crippen LogP contribution in [0.5, 0.6) is 0 Å². The van der Waals surface area contributed by atoms with Gasteiger partial charge < -0.3 is 4.74 Å². The molecule has 0 bridgehead atoms. The van der Waals surface area contributed by atoms with Crippen LogP contribution in [0.3, 0.4) is 0 Å². The van der Waals surface area contributed by atoms with Crippen molar-refractivity contribution >= 4 is 22.7 Å². The van der Waals surface area contributed by atoms with E-state index in [1.807, 2.05) is 53.1 Å². The van der Waals surface area contributed by atoms with Crippen molar-refractivity contribution in [3.05, 3.63) is 23.9 Å². The molecule has 0 aliphatic carbocycles. The molecule has 0 saturated heterocycles. The van der Waals surface area contributed by atoms with Gasteiger partial charge in [-0.15, -0.1) is 0 Å². The molecule has 0 spiro atoms. The zero-order valence-corrected chi connectivity index (χ0v) is 11.9. The van der Waals surface area contributed by atoms with E-state index < -0.39 is 11.7 Å². The van der Waals surface area contributed by atoms with E-state index in [2.05, 4.69) is 10.4 Å². The standard InChI is InChI=1S/C14H19N3O2/c1-9-6-7-11-10(8-17(5)16-11)12(9)15-13(18)19-14(2,3)4/h6-8H,1-5H3,(H,15,18). The van der Waals surface area contributed by atoms with Crippen molar-refractivity contribution < 1.29 is 9.53 Å². The molecule has 1 amide bonds. The number of benzene rings is 1. The maximum absolute atomic E-state index is 11.9. The van der Waals surface area contributed by atoms with Gasteiger partial charge in [0.15, 0.2) is 0 Å². The fraction of sp³-hybridized carbons (Fsp3) is 0.429. The summed E-state index contributed by atoms with van der Waals surface area (Å²) in [6.07, 6.45) is 1.43. The molecule has 5 nitrogen and oxygen atoms in total. The number of anilines is 1. The highest BCUT2D eigenvalue weighted by atomic mass is 16.6. The lowest BCUT2D eigenvalue weighted by atomic mass is 10.1. The van der Waals surface area contributed by atoms with Crippen LogP contribution in [-0.4, -0.2) is 21.5 Å². The van der Waals surface area contributed by atoms with E-state index in [0.29, 0.717) is 0 Å². The van der Waals surface area contributed by atoms with Crippen LogP contribution in [0.25, 0.3) is 10.9 Å². The van der Waals surface area contributed by atoms with Gasteiger partial charge in [-0.05, 0) is 39.3 Å². The predicted molar refractivity (Wildman–Crippen MR) is 75.3 cm³/mol. The predicted octanol–water partition coefficient (Wildman–Crippen LogP) is 3.23. The number of aryl methyl sites for hydroxylation is 2. The molecule has 0 radical (unpaired) electrons. The lowest BCUT2D eigenvalue weighted by molar-refractivity contribution is 0.0636. The van der Waals surface area contributed by atoms with Crippen LogP contribution < -0.4 is 5.32 Å². The molecule has 2 rings (SSSR count). The third kappa shape index (κ3) is 3.05. The van der Waals surface area contributed by atoms with Crippen LogP contribution in [0.4, 0.5) is 10.5 Å². The molecule has 1 aromatic heterocycles. The molecular formula is C14H19N3O2. The molecule has 102 valence electrons. The summed E-state index contributed by atoms with van der Waals surface area (Å²) in [5.41, 5.74) is 2.06. The highest BCUT2D eigenvalue weighted by Gasteiger charge is 2.18. The largest absolute Gasteiger partial charge is 0.444 e. The second-order valence-corrected chi connectivity index (χ2v) is 5.62. The molecule has 19 heavy (non-hydrogen) atoms. The SMILES string of the molecule is Cc1ccc2nn(C)cc2c1NC(=O)OC(C)(C)C. The molecule has 0 aliphatic heterocycles. The fourth-order valence-corrected chi connectivity index (χ4v) is 1.89. The number of nitrogens with one attached hydrogen (secondary N) is 1. The van der Waals surface area contributed by atoms with Gasteiger partial charge in [-0.25, -0.2) is 4.79 Å². The van der Waals surface area contributed by atoms with Gasteiger partial charge in [-0.3, -0.25) is 10.00 Å². The molecule has 0 unspecified atom stereocenters. The Morgan fingerprint density at radius 2 is 2.05 bits per heavy atom. The first-order valence-electron chi connectivity index (χ1n) is 6.19. The van der Waals surface area contributed by atoms with Crippen molar-refractivity contribution in [2.45, 2.75) is 33.3 Å². The number of nitrogens with zero attached hydrogens (tertiary/aromatic N) is 2. The molecule has 0 aliphatic rings. The third-order valence-electron chi connectivity index (χ3n) is 2.64. The molecule has 0 atom stereocenters. The van der Waals surface area contributed by atoms with Gasteiger partial charge >= 0.3 is 6.09 Å². The minimum absolute atomic E-state index is 0.452. The first kappa shape index (κ1) is 13.4. The summed E-state index contributed by atoms with van der Waals surface area (Å²) in [5.74, 6) is 0. The lowest BCUT2D eigenvalue weighted by Crippen LogP contribution is -2.27. The zero-order chi connectivity index (χ0) is 14.2. The number of amides is 1. The van der Waals surface area contributed by atoms with E-state index >= 15 is 0 Å². The molecule has 1 heterocycles. The van der Waals surface area contributed by atoms with Gasteiger partial charge in [0.05, 0.1) is 11.2 Å². The monoisotopic (exact) mass is 261 g/mol. The van der Waals surface area contributed by atoms with Gasteiger partial charge in [-0.2, -0.15) is 5.10 Å².